The number of hydrogen-bond donors (Lipinski definition) is 1. The lowest BCUT2D eigenvalue weighted by atomic mass is 10.2. The summed E-state index contributed by atoms with van der Waals surface area (Å²) in [7, 11) is -4.19. The van der Waals surface area contributed by atoms with Gasteiger partial charge in [-0.25, -0.2) is 22.0 Å². The quantitative estimate of drug-likeness (QED) is 0.361. The number of aromatic nitrogens is 3. The molecule has 0 aliphatic rings. The first kappa shape index (κ1) is 19.2. The zero-order valence-electron chi connectivity index (χ0n) is 14.1. The van der Waals surface area contributed by atoms with Gasteiger partial charge in [-0.1, -0.05) is 11.6 Å². The molecule has 2 heterocycles. The number of nitro benzene ring substituents is 1. The van der Waals surface area contributed by atoms with E-state index < -0.39 is 20.6 Å². The Hall–Kier alpha value is -3.09. The minimum atomic E-state index is -4.19. The molecular weight excluding hydrogens is 445 g/mol. The maximum Gasteiger partial charge on any atom is 0.289 e. The van der Waals surface area contributed by atoms with Crippen LogP contribution in [0.4, 0.5) is 16.0 Å². The van der Waals surface area contributed by atoms with Gasteiger partial charge in [0.2, 0.25) is 4.96 Å². The second kappa shape index (κ2) is 7.06. The number of rotatable bonds is 5. The van der Waals surface area contributed by atoms with Crippen molar-refractivity contribution in [2.75, 3.05) is 4.72 Å². The first-order valence-corrected chi connectivity index (χ1v) is 10.6. The summed E-state index contributed by atoms with van der Waals surface area (Å²) in [5, 5.41) is 16.7. The maximum atomic E-state index is 13.1. The molecule has 2 aromatic heterocycles. The van der Waals surface area contributed by atoms with Crippen molar-refractivity contribution in [3.8, 4) is 11.3 Å². The minimum Gasteiger partial charge on any atom is -0.258 e. The van der Waals surface area contributed by atoms with Crippen molar-refractivity contribution in [3.63, 3.8) is 0 Å². The van der Waals surface area contributed by atoms with Crippen LogP contribution in [0.5, 0.6) is 0 Å². The van der Waals surface area contributed by atoms with Crippen molar-refractivity contribution in [1.82, 2.24) is 14.6 Å². The Balaban J connectivity index is 1.68. The van der Waals surface area contributed by atoms with Crippen molar-refractivity contribution in [2.45, 2.75) is 4.90 Å². The summed E-state index contributed by atoms with van der Waals surface area (Å²) in [6.45, 7) is 0. The summed E-state index contributed by atoms with van der Waals surface area (Å²) >= 11 is 6.94. The molecule has 148 valence electrons. The van der Waals surface area contributed by atoms with Crippen molar-refractivity contribution >= 4 is 49.6 Å². The van der Waals surface area contributed by atoms with Crippen LogP contribution >= 0.6 is 22.9 Å². The molecule has 9 nitrogen and oxygen atoms in total. The number of halogens is 2. The largest absolute Gasteiger partial charge is 0.289 e. The van der Waals surface area contributed by atoms with Gasteiger partial charge in [0.1, 0.15) is 10.8 Å². The number of thiazole rings is 1. The summed E-state index contributed by atoms with van der Waals surface area (Å²) < 4.78 is 41.9. The lowest BCUT2D eigenvalue weighted by Gasteiger charge is -2.05. The monoisotopic (exact) mass is 453 g/mol. The van der Waals surface area contributed by atoms with E-state index in [-0.39, 0.29) is 21.7 Å². The fourth-order valence-electron chi connectivity index (χ4n) is 2.52. The van der Waals surface area contributed by atoms with Crippen LogP contribution in [0.15, 0.2) is 52.7 Å². The number of benzene rings is 2. The lowest BCUT2D eigenvalue weighted by Crippen LogP contribution is -2.14. The first-order chi connectivity index (χ1) is 13.7. The fraction of sp³-hybridized carbons (Fsp3) is 0. The molecule has 0 saturated carbocycles. The lowest BCUT2D eigenvalue weighted by molar-refractivity contribution is -0.384. The van der Waals surface area contributed by atoms with Crippen LogP contribution in [-0.4, -0.2) is 27.9 Å². The number of nitrogens with zero attached hydrogens (tertiary/aromatic N) is 4. The van der Waals surface area contributed by atoms with E-state index in [0.29, 0.717) is 16.2 Å². The van der Waals surface area contributed by atoms with E-state index in [0.717, 1.165) is 18.2 Å². The van der Waals surface area contributed by atoms with Gasteiger partial charge in [0.15, 0.2) is 0 Å². The third-order valence-electron chi connectivity index (χ3n) is 3.87. The van der Waals surface area contributed by atoms with Crippen LogP contribution in [0.2, 0.25) is 5.02 Å². The highest BCUT2D eigenvalue weighted by molar-refractivity contribution is 7.92. The van der Waals surface area contributed by atoms with Crippen LogP contribution < -0.4 is 4.72 Å². The molecule has 13 heteroatoms. The van der Waals surface area contributed by atoms with Gasteiger partial charge in [-0.2, -0.15) is 4.98 Å². The molecule has 29 heavy (non-hydrogen) atoms. The van der Waals surface area contributed by atoms with Gasteiger partial charge >= 0.3 is 0 Å². The molecule has 0 unspecified atom stereocenters. The van der Waals surface area contributed by atoms with Gasteiger partial charge < -0.3 is 0 Å². The van der Waals surface area contributed by atoms with Crippen LogP contribution in [0.3, 0.4) is 0 Å². The number of anilines is 1. The Morgan fingerprint density at radius 1 is 1.21 bits per heavy atom. The normalized spacial score (nSPS) is 11.7. The Morgan fingerprint density at radius 3 is 2.62 bits per heavy atom. The highest BCUT2D eigenvalue weighted by Gasteiger charge is 2.23. The Bertz CT molecular complexity index is 1350. The second-order valence-electron chi connectivity index (χ2n) is 5.73. The zero-order chi connectivity index (χ0) is 20.8. The van der Waals surface area contributed by atoms with Gasteiger partial charge in [-0.3, -0.25) is 10.1 Å². The number of nitro groups is 1. The molecule has 0 fully saturated rings. The summed E-state index contributed by atoms with van der Waals surface area (Å²) in [5.41, 5.74) is 0.738. The molecule has 0 amide bonds. The predicted octanol–water partition coefficient (Wildman–Crippen LogP) is 3.96. The molecule has 4 aromatic rings. The van der Waals surface area contributed by atoms with Crippen LogP contribution in [-0.2, 0) is 10.0 Å². The third kappa shape index (κ3) is 3.64. The molecule has 0 spiro atoms. The van der Waals surface area contributed by atoms with Crippen molar-refractivity contribution in [2.24, 2.45) is 0 Å². The second-order valence-corrected chi connectivity index (χ2v) is 8.66. The maximum absolute atomic E-state index is 13.1. The molecule has 4 rings (SSSR count). The van der Waals surface area contributed by atoms with Gasteiger partial charge in [0.05, 0.1) is 15.5 Å². The van der Waals surface area contributed by atoms with Gasteiger partial charge in [-0.05, 0) is 36.4 Å². The summed E-state index contributed by atoms with van der Waals surface area (Å²) in [5.74, 6) is -0.595. The van der Waals surface area contributed by atoms with Crippen molar-refractivity contribution < 1.29 is 17.7 Å². The Morgan fingerprint density at radius 2 is 1.93 bits per heavy atom. The number of sulfonamides is 1. The molecule has 0 radical (unpaired) electrons. The van der Waals surface area contributed by atoms with Crippen LogP contribution in [0, 0.1) is 15.9 Å². The molecule has 0 saturated heterocycles. The highest BCUT2D eigenvalue weighted by atomic mass is 35.5. The molecule has 0 aliphatic heterocycles. The molecule has 0 bridgehead atoms. The van der Waals surface area contributed by atoms with Gasteiger partial charge in [0.25, 0.3) is 21.7 Å². The molecular formula is C16H9ClFN5O4S2. The van der Waals surface area contributed by atoms with E-state index in [1.54, 1.807) is 17.5 Å². The Kier molecular flexibility index (Phi) is 4.68. The van der Waals surface area contributed by atoms with Crippen molar-refractivity contribution in [3.05, 3.63) is 68.8 Å². The van der Waals surface area contributed by atoms with E-state index in [1.165, 1.54) is 28.0 Å². The van der Waals surface area contributed by atoms with E-state index in [9.17, 15) is 22.9 Å². The molecule has 0 aliphatic carbocycles. The van der Waals surface area contributed by atoms with E-state index in [1.807, 2.05) is 0 Å². The van der Waals surface area contributed by atoms with Crippen LogP contribution in [0.1, 0.15) is 0 Å². The summed E-state index contributed by atoms with van der Waals surface area (Å²) in [6, 6.07) is 8.84. The predicted molar refractivity (Wildman–Crippen MR) is 105 cm³/mol. The fourth-order valence-corrected chi connectivity index (χ4v) is 4.50. The Labute approximate surface area is 171 Å². The average molecular weight is 454 g/mol. The van der Waals surface area contributed by atoms with E-state index in [4.69, 9.17) is 11.6 Å². The summed E-state index contributed by atoms with van der Waals surface area (Å²) in [6.07, 6.45) is 0. The minimum absolute atomic E-state index is 0.182. The van der Waals surface area contributed by atoms with Gasteiger partial charge in [0, 0.05) is 17.0 Å². The third-order valence-corrected chi connectivity index (χ3v) is 6.33. The molecule has 0 atom stereocenters. The number of hydrogen-bond acceptors (Lipinski definition) is 7. The zero-order valence-corrected chi connectivity index (χ0v) is 16.5. The molecule has 2 aromatic carbocycles. The van der Waals surface area contributed by atoms with E-state index >= 15 is 0 Å². The average Bonchev–Trinajstić information content (AvgIpc) is 3.22. The highest BCUT2D eigenvalue weighted by Crippen LogP contribution is 2.29. The smallest absolute Gasteiger partial charge is 0.258 e. The standard InChI is InChI=1S/C16H9ClFN5O4S2/c17-12-6-5-11(7-13(12)23(24)25)29(26,27)21-15-19-16-22(20-15)14(8-28-16)9-1-3-10(18)4-2-9/h1-8H,(H,20,21). The van der Waals surface area contributed by atoms with Crippen molar-refractivity contribution in [1.29, 1.82) is 0 Å². The summed E-state index contributed by atoms with van der Waals surface area (Å²) in [4.78, 5) is 14.4. The van der Waals surface area contributed by atoms with Gasteiger partial charge in [-0.15, -0.1) is 16.4 Å². The topological polar surface area (TPSA) is 120 Å². The van der Waals surface area contributed by atoms with E-state index in [2.05, 4.69) is 14.8 Å². The first-order valence-electron chi connectivity index (χ1n) is 7.81. The SMILES string of the molecule is O=[N+]([O-])c1cc(S(=O)(=O)Nc2nc3scc(-c4ccc(F)cc4)n3n2)ccc1Cl. The number of fused-ring (bicyclic) bond motifs is 1. The molecule has 1 N–H and O–H groups in total. The van der Waals surface area contributed by atoms with Crippen LogP contribution in [0.25, 0.3) is 16.2 Å². The number of nitrogens with one attached hydrogen (secondary N) is 1.